The number of thioether (sulfide) groups is 1. The fourth-order valence-corrected chi connectivity index (χ4v) is 2.81. The van der Waals surface area contributed by atoms with Crippen LogP contribution in [-0.4, -0.2) is 29.3 Å². The lowest BCUT2D eigenvalue weighted by atomic mass is 9.96. The SMILES string of the molecule is NC(CCCO)C1CCSC1. The van der Waals surface area contributed by atoms with Gasteiger partial charge in [0.2, 0.25) is 0 Å². The Morgan fingerprint density at radius 3 is 3.00 bits per heavy atom. The lowest BCUT2D eigenvalue weighted by Crippen LogP contribution is -2.30. The molecule has 0 aromatic rings. The minimum atomic E-state index is 0.285. The van der Waals surface area contributed by atoms with Crippen LogP contribution in [0.4, 0.5) is 0 Å². The molecule has 0 aromatic heterocycles. The van der Waals surface area contributed by atoms with Crippen molar-refractivity contribution < 1.29 is 5.11 Å². The van der Waals surface area contributed by atoms with E-state index in [4.69, 9.17) is 10.8 Å². The van der Waals surface area contributed by atoms with Gasteiger partial charge in [0, 0.05) is 12.6 Å². The Kier molecular flexibility index (Phi) is 4.26. The molecule has 1 aliphatic heterocycles. The van der Waals surface area contributed by atoms with Crippen LogP contribution in [0.3, 0.4) is 0 Å². The van der Waals surface area contributed by atoms with E-state index in [2.05, 4.69) is 0 Å². The van der Waals surface area contributed by atoms with Crippen LogP contribution in [0.1, 0.15) is 19.3 Å². The normalized spacial score (nSPS) is 27.3. The Hall–Kier alpha value is 0.270. The van der Waals surface area contributed by atoms with Crippen molar-refractivity contribution in [2.75, 3.05) is 18.1 Å². The smallest absolute Gasteiger partial charge is 0.0431 e. The van der Waals surface area contributed by atoms with E-state index in [9.17, 15) is 0 Å². The monoisotopic (exact) mass is 175 g/mol. The summed E-state index contributed by atoms with van der Waals surface area (Å²) in [6.45, 7) is 0.285. The van der Waals surface area contributed by atoms with Gasteiger partial charge in [-0.3, -0.25) is 0 Å². The molecule has 3 N–H and O–H groups in total. The number of hydrogen-bond donors (Lipinski definition) is 2. The summed E-state index contributed by atoms with van der Waals surface area (Å²) in [7, 11) is 0. The molecule has 2 unspecified atom stereocenters. The molecule has 2 nitrogen and oxygen atoms in total. The first-order chi connectivity index (χ1) is 5.34. The van der Waals surface area contributed by atoms with Gasteiger partial charge in [-0.15, -0.1) is 0 Å². The molecule has 3 heteroatoms. The molecule has 0 spiro atoms. The van der Waals surface area contributed by atoms with E-state index >= 15 is 0 Å². The summed E-state index contributed by atoms with van der Waals surface area (Å²) in [5.41, 5.74) is 5.94. The summed E-state index contributed by atoms with van der Waals surface area (Å²) >= 11 is 2.00. The Labute approximate surface area is 72.5 Å². The van der Waals surface area contributed by atoms with Gasteiger partial charge in [-0.05, 0) is 36.7 Å². The number of rotatable bonds is 4. The Morgan fingerprint density at radius 1 is 1.64 bits per heavy atom. The van der Waals surface area contributed by atoms with E-state index in [1.807, 2.05) is 11.8 Å². The molecule has 0 aliphatic carbocycles. The van der Waals surface area contributed by atoms with Crippen LogP contribution >= 0.6 is 11.8 Å². The number of aliphatic hydroxyl groups excluding tert-OH is 1. The second kappa shape index (κ2) is 5.01. The average molecular weight is 175 g/mol. The molecule has 1 heterocycles. The van der Waals surface area contributed by atoms with Gasteiger partial charge in [0.1, 0.15) is 0 Å². The summed E-state index contributed by atoms with van der Waals surface area (Å²) in [5, 5.41) is 8.60. The maximum atomic E-state index is 8.60. The molecule has 11 heavy (non-hydrogen) atoms. The molecule has 1 saturated heterocycles. The van der Waals surface area contributed by atoms with Gasteiger partial charge in [-0.25, -0.2) is 0 Å². The highest BCUT2D eigenvalue weighted by Crippen LogP contribution is 2.26. The zero-order valence-corrected chi connectivity index (χ0v) is 7.65. The van der Waals surface area contributed by atoms with E-state index in [-0.39, 0.29) is 6.61 Å². The third-order valence-electron chi connectivity index (χ3n) is 2.27. The standard InChI is InChI=1S/C8H17NOS/c9-8(2-1-4-10)7-3-5-11-6-7/h7-8,10H,1-6,9H2. The van der Waals surface area contributed by atoms with E-state index in [1.165, 1.54) is 17.9 Å². The minimum absolute atomic E-state index is 0.285. The van der Waals surface area contributed by atoms with Gasteiger partial charge in [-0.1, -0.05) is 0 Å². The fourth-order valence-electron chi connectivity index (χ4n) is 1.45. The first-order valence-electron chi connectivity index (χ1n) is 4.28. The van der Waals surface area contributed by atoms with Crippen LogP contribution in [0.15, 0.2) is 0 Å². The predicted molar refractivity (Wildman–Crippen MR) is 49.7 cm³/mol. The third kappa shape index (κ3) is 3.01. The molecular formula is C8H17NOS. The molecule has 0 bridgehead atoms. The summed E-state index contributed by atoms with van der Waals surface area (Å²) < 4.78 is 0. The maximum absolute atomic E-state index is 8.60. The second-order valence-electron chi connectivity index (χ2n) is 3.15. The maximum Gasteiger partial charge on any atom is 0.0431 e. The molecule has 0 saturated carbocycles. The van der Waals surface area contributed by atoms with Crippen molar-refractivity contribution in [3.8, 4) is 0 Å². The van der Waals surface area contributed by atoms with Gasteiger partial charge in [-0.2, -0.15) is 11.8 Å². The summed E-state index contributed by atoms with van der Waals surface area (Å²) in [5.74, 6) is 3.22. The van der Waals surface area contributed by atoms with Gasteiger partial charge in [0.25, 0.3) is 0 Å². The van der Waals surface area contributed by atoms with Crippen molar-refractivity contribution in [1.29, 1.82) is 0 Å². The molecule has 2 atom stereocenters. The van der Waals surface area contributed by atoms with Crippen molar-refractivity contribution in [2.45, 2.75) is 25.3 Å². The summed E-state index contributed by atoms with van der Waals surface area (Å²) in [4.78, 5) is 0. The molecule has 0 amide bonds. The zero-order valence-electron chi connectivity index (χ0n) is 6.83. The van der Waals surface area contributed by atoms with Crippen LogP contribution in [0, 0.1) is 5.92 Å². The number of hydrogen-bond acceptors (Lipinski definition) is 3. The van der Waals surface area contributed by atoms with Crippen LogP contribution in [0.25, 0.3) is 0 Å². The Bertz CT molecular complexity index is 104. The van der Waals surface area contributed by atoms with Crippen LogP contribution in [-0.2, 0) is 0 Å². The van der Waals surface area contributed by atoms with Crippen LogP contribution in [0.5, 0.6) is 0 Å². The van der Waals surface area contributed by atoms with E-state index in [1.54, 1.807) is 0 Å². The molecule has 66 valence electrons. The Morgan fingerprint density at radius 2 is 2.45 bits per heavy atom. The largest absolute Gasteiger partial charge is 0.396 e. The third-order valence-corrected chi connectivity index (χ3v) is 3.45. The van der Waals surface area contributed by atoms with Gasteiger partial charge in [0.15, 0.2) is 0 Å². The summed E-state index contributed by atoms with van der Waals surface area (Å²) in [6.07, 6.45) is 3.13. The molecule has 1 rings (SSSR count). The number of aliphatic hydroxyl groups is 1. The van der Waals surface area contributed by atoms with E-state index in [0.29, 0.717) is 12.0 Å². The summed E-state index contributed by atoms with van der Waals surface area (Å²) in [6, 6.07) is 0.331. The van der Waals surface area contributed by atoms with Crippen molar-refractivity contribution in [3.05, 3.63) is 0 Å². The highest BCUT2D eigenvalue weighted by molar-refractivity contribution is 7.99. The van der Waals surface area contributed by atoms with Gasteiger partial charge < -0.3 is 10.8 Å². The molecule has 0 aromatic carbocycles. The minimum Gasteiger partial charge on any atom is -0.396 e. The van der Waals surface area contributed by atoms with Gasteiger partial charge in [0.05, 0.1) is 0 Å². The first-order valence-corrected chi connectivity index (χ1v) is 5.44. The van der Waals surface area contributed by atoms with Crippen molar-refractivity contribution >= 4 is 11.8 Å². The van der Waals surface area contributed by atoms with Crippen molar-refractivity contribution in [3.63, 3.8) is 0 Å². The predicted octanol–water partition coefficient (Wildman–Crippen LogP) is 0.839. The molecule has 1 aliphatic rings. The number of nitrogens with two attached hydrogens (primary N) is 1. The molecule has 1 fully saturated rings. The van der Waals surface area contributed by atoms with Crippen molar-refractivity contribution in [2.24, 2.45) is 11.7 Å². The molecular weight excluding hydrogens is 158 g/mol. The van der Waals surface area contributed by atoms with Gasteiger partial charge >= 0.3 is 0 Å². The lowest BCUT2D eigenvalue weighted by Gasteiger charge is -2.16. The zero-order chi connectivity index (χ0) is 8.10. The van der Waals surface area contributed by atoms with E-state index < -0.39 is 0 Å². The van der Waals surface area contributed by atoms with Crippen molar-refractivity contribution in [1.82, 2.24) is 0 Å². The highest BCUT2D eigenvalue weighted by Gasteiger charge is 2.21. The lowest BCUT2D eigenvalue weighted by molar-refractivity contribution is 0.272. The Balaban J connectivity index is 2.12. The highest BCUT2D eigenvalue weighted by atomic mass is 32.2. The first kappa shape index (κ1) is 9.36. The fraction of sp³-hybridized carbons (Fsp3) is 1.00. The molecule has 0 radical (unpaired) electrons. The second-order valence-corrected chi connectivity index (χ2v) is 4.30. The quantitative estimate of drug-likeness (QED) is 0.665. The van der Waals surface area contributed by atoms with Crippen LogP contribution < -0.4 is 5.73 Å². The topological polar surface area (TPSA) is 46.2 Å². The van der Waals surface area contributed by atoms with Crippen LogP contribution in [0.2, 0.25) is 0 Å². The van der Waals surface area contributed by atoms with E-state index in [0.717, 1.165) is 12.8 Å². The average Bonchev–Trinajstić information content (AvgIpc) is 2.52.